The summed E-state index contributed by atoms with van der Waals surface area (Å²) in [6.45, 7) is 9.25. The van der Waals surface area contributed by atoms with Gasteiger partial charge in [0.05, 0.1) is 6.61 Å². The first kappa shape index (κ1) is 12.9. The van der Waals surface area contributed by atoms with Crippen molar-refractivity contribution in [2.24, 2.45) is 11.7 Å². The Balaban J connectivity index is 2.20. The summed E-state index contributed by atoms with van der Waals surface area (Å²) in [4.78, 5) is 2.46. The number of hydrogen-bond acceptors (Lipinski definition) is 3. The molecule has 3 nitrogen and oxygen atoms in total. The minimum atomic E-state index is 0.436. The molecule has 2 unspecified atom stereocenters. The Bertz CT molecular complexity index is 164. The third-order valence-corrected chi connectivity index (χ3v) is 3.41. The summed E-state index contributed by atoms with van der Waals surface area (Å²) in [5, 5.41) is 0. The fourth-order valence-electron chi connectivity index (χ4n) is 2.34. The van der Waals surface area contributed by atoms with Crippen LogP contribution in [0.3, 0.4) is 0 Å². The van der Waals surface area contributed by atoms with E-state index in [1.807, 2.05) is 6.92 Å². The molecule has 0 saturated heterocycles. The molecule has 15 heavy (non-hydrogen) atoms. The van der Waals surface area contributed by atoms with Gasteiger partial charge >= 0.3 is 0 Å². The Morgan fingerprint density at radius 1 is 1.33 bits per heavy atom. The Hall–Kier alpha value is -0.120. The van der Waals surface area contributed by atoms with Crippen LogP contribution in [0.25, 0.3) is 0 Å². The summed E-state index contributed by atoms with van der Waals surface area (Å²) in [6.07, 6.45) is 3.84. The van der Waals surface area contributed by atoms with E-state index in [0.717, 1.165) is 32.8 Å². The predicted octanol–water partition coefficient (Wildman–Crippen LogP) is 1.47. The van der Waals surface area contributed by atoms with Crippen LogP contribution in [-0.2, 0) is 4.74 Å². The summed E-state index contributed by atoms with van der Waals surface area (Å²) in [5.41, 5.74) is 6.08. The van der Waals surface area contributed by atoms with E-state index in [0.29, 0.717) is 12.0 Å². The van der Waals surface area contributed by atoms with Crippen molar-refractivity contribution in [1.29, 1.82) is 0 Å². The molecule has 0 spiro atoms. The topological polar surface area (TPSA) is 38.5 Å². The first-order valence-electron chi connectivity index (χ1n) is 6.33. The molecule has 1 saturated carbocycles. The minimum absolute atomic E-state index is 0.436. The number of hydrogen-bond donors (Lipinski definition) is 1. The smallest absolute Gasteiger partial charge is 0.0593 e. The molecule has 0 radical (unpaired) electrons. The van der Waals surface area contributed by atoms with Crippen molar-refractivity contribution in [3.63, 3.8) is 0 Å². The molecule has 0 aromatic heterocycles. The standard InChI is InChI=1S/C12H26N2O/c1-3-14(8-9-15-4-2)10-11-6-5-7-12(11)13/h11-12H,3-10,13H2,1-2H3. The van der Waals surface area contributed by atoms with Gasteiger partial charge in [0.15, 0.2) is 0 Å². The highest BCUT2D eigenvalue weighted by atomic mass is 16.5. The summed E-state index contributed by atoms with van der Waals surface area (Å²) in [6, 6.07) is 0.436. The highest BCUT2D eigenvalue weighted by Crippen LogP contribution is 2.24. The van der Waals surface area contributed by atoms with E-state index in [4.69, 9.17) is 10.5 Å². The summed E-state index contributed by atoms with van der Waals surface area (Å²) in [7, 11) is 0. The average Bonchev–Trinajstić information content (AvgIpc) is 2.63. The third-order valence-electron chi connectivity index (χ3n) is 3.41. The Labute approximate surface area is 94.0 Å². The van der Waals surface area contributed by atoms with Gasteiger partial charge < -0.3 is 15.4 Å². The van der Waals surface area contributed by atoms with Crippen LogP contribution >= 0.6 is 0 Å². The van der Waals surface area contributed by atoms with E-state index < -0.39 is 0 Å². The number of ether oxygens (including phenoxy) is 1. The Morgan fingerprint density at radius 2 is 2.13 bits per heavy atom. The van der Waals surface area contributed by atoms with Crippen molar-refractivity contribution in [2.45, 2.75) is 39.2 Å². The van der Waals surface area contributed by atoms with Gasteiger partial charge in [-0.3, -0.25) is 0 Å². The van der Waals surface area contributed by atoms with Crippen LogP contribution in [0.1, 0.15) is 33.1 Å². The molecule has 0 aromatic carbocycles. The summed E-state index contributed by atoms with van der Waals surface area (Å²) in [5.74, 6) is 0.714. The van der Waals surface area contributed by atoms with Gasteiger partial charge in [-0.2, -0.15) is 0 Å². The minimum Gasteiger partial charge on any atom is -0.380 e. The second-order valence-electron chi connectivity index (χ2n) is 4.44. The average molecular weight is 214 g/mol. The zero-order chi connectivity index (χ0) is 11.1. The fraction of sp³-hybridized carbons (Fsp3) is 1.00. The zero-order valence-electron chi connectivity index (χ0n) is 10.2. The monoisotopic (exact) mass is 214 g/mol. The molecule has 1 aliphatic rings. The first-order valence-corrected chi connectivity index (χ1v) is 6.33. The highest BCUT2D eigenvalue weighted by Gasteiger charge is 2.25. The van der Waals surface area contributed by atoms with Gasteiger partial charge in [-0.25, -0.2) is 0 Å². The molecule has 90 valence electrons. The molecule has 3 heteroatoms. The van der Waals surface area contributed by atoms with E-state index in [9.17, 15) is 0 Å². The van der Waals surface area contributed by atoms with E-state index in [2.05, 4.69) is 11.8 Å². The molecule has 1 aliphatic carbocycles. The Morgan fingerprint density at radius 3 is 2.67 bits per heavy atom. The summed E-state index contributed by atoms with van der Waals surface area (Å²) < 4.78 is 5.38. The van der Waals surface area contributed by atoms with Crippen molar-refractivity contribution in [2.75, 3.05) is 32.8 Å². The van der Waals surface area contributed by atoms with Crippen LogP contribution in [0.15, 0.2) is 0 Å². The molecule has 0 aliphatic heterocycles. The van der Waals surface area contributed by atoms with Crippen LogP contribution in [0.5, 0.6) is 0 Å². The van der Waals surface area contributed by atoms with Crippen molar-refractivity contribution in [1.82, 2.24) is 4.90 Å². The lowest BCUT2D eigenvalue weighted by atomic mass is 10.0. The number of nitrogens with zero attached hydrogens (tertiary/aromatic N) is 1. The number of rotatable bonds is 7. The third kappa shape index (κ3) is 4.49. The van der Waals surface area contributed by atoms with Crippen LogP contribution in [0, 0.1) is 5.92 Å². The maximum absolute atomic E-state index is 6.08. The second-order valence-corrected chi connectivity index (χ2v) is 4.44. The molecule has 1 rings (SSSR count). The molecular weight excluding hydrogens is 188 g/mol. The van der Waals surface area contributed by atoms with Crippen molar-refractivity contribution < 1.29 is 4.74 Å². The van der Waals surface area contributed by atoms with Gasteiger partial charge in [-0.1, -0.05) is 13.3 Å². The SMILES string of the molecule is CCOCCN(CC)CC1CCCC1N. The summed E-state index contributed by atoms with van der Waals surface area (Å²) >= 11 is 0. The van der Waals surface area contributed by atoms with Gasteiger partial charge in [0.25, 0.3) is 0 Å². The molecule has 0 bridgehead atoms. The number of likely N-dealkylation sites (N-methyl/N-ethyl adjacent to an activating group) is 1. The molecular formula is C12H26N2O. The molecule has 2 atom stereocenters. The normalized spacial score (nSPS) is 26.4. The van der Waals surface area contributed by atoms with Crippen molar-refractivity contribution >= 4 is 0 Å². The second kappa shape index (κ2) is 7.20. The van der Waals surface area contributed by atoms with Gasteiger partial charge in [-0.05, 0) is 32.2 Å². The highest BCUT2D eigenvalue weighted by molar-refractivity contribution is 4.82. The molecule has 2 N–H and O–H groups in total. The van der Waals surface area contributed by atoms with E-state index in [1.165, 1.54) is 19.3 Å². The maximum Gasteiger partial charge on any atom is 0.0593 e. The Kier molecular flexibility index (Phi) is 6.22. The van der Waals surface area contributed by atoms with Crippen LogP contribution in [0.4, 0.5) is 0 Å². The zero-order valence-corrected chi connectivity index (χ0v) is 10.2. The van der Waals surface area contributed by atoms with Gasteiger partial charge in [0.1, 0.15) is 0 Å². The largest absolute Gasteiger partial charge is 0.380 e. The molecule has 1 fully saturated rings. The van der Waals surface area contributed by atoms with E-state index in [1.54, 1.807) is 0 Å². The van der Waals surface area contributed by atoms with Crippen LogP contribution in [-0.4, -0.2) is 43.8 Å². The maximum atomic E-state index is 6.08. The quantitative estimate of drug-likeness (QED) is 0.652. The molecule has 0 aromatic rings. The van der Waals surface area contributed by atoms with E-state index in [-0.39, 0.29) is 0 Å². The predicted molar refractivity (Wildman–Crippen MR) is 63.9 cm³/mol. The molecule has 0 heterocycles. The lowest BCUT2D eigenvalue weighted by Gasteiger charge is -2.26. The molecule has 0 amide bonds. The van der Waals surface area contributed by atoms with Crippen molar-refractivity contribution in [3.05, 3.63) is 0 Å². The van der Waals surface area contributed by atoms with E-state index >= 15 is 0 Å². The lowest BCUT2D eigenvalue weighted by Crippen LogP contribution is -2.37. The van der Waals surface area contributed by atoms with Gasteiger partial charge in [0, 0.05) is 25.7 Å². The van der Waals surface area contributed by atoms with Crippen LogP contribution in [0.2, 0.25) is 0 Å². The number of nitrogens with two attached hydrogens (primary N) is 1. The fourth-order valence-corrected chi connectivity index (χ4v) is 2.34. The first-order chi connectivity index (χ1) is 7.27. The van der Waals surface area contributed by atoms with Crippen molar-refractivity contribution in [3.8, 4) is 0 Å². The van der Waals surface area contributed by atoms with Gasteiger partial charge in [-0.15, -0.1) is 0 Å². The lowest BCUT2D eigenvalue weighted by molar-refractivity contribution is 0.108. The van der Waals surface area contributed by atoms with Crippen LogP contribution < -0.4 is 5.73 Å². The van der Waals surface area contributed by atoms with Gasteiger partial charge in [0.2, 0.25) is 0 Å².